The Hall–Kier alpha value is -2.57. The highest BCUT2D eigenvalue weighted by molar-refractivity contribution is 6.19. The van der Waals surface area contributed by atoms with Crippen molar-refractivity contribution in [3.05, 3.63) is 23.8 Å². The zero-order valence-corrected chi connectivity index (χ0v) is 10.4. The highest BCUT2D eigenvalue weighted by Gasteiger charge is 2.35. The zero-order chi connectivity index (χ0) is 14.0. The van der Waals surface area contributed by atoms with Gasteiger partial charge in [0, 0.05) is 0 Å². The second-order valence-corrected chi connectivity index (χ2v) is 3.86. The second kappa shape index (κ2) is 4.97. The monoisotopic (exact) mass is 264 g/mol. The summed E-state index contributed by atoms with van der Waals surface area (Å²) in [5.74, 6) is -1.53. The van der Waals surface area contributed by atoms with Crippen LogP contribution in [0.4, 0.5) is 4.79 Å². The Morgan fingerprint density at radius 2 is 1.53 bits per heavy atom. The lowest BCUT2D eigenvalue weighted by molar-refractivity contribution is -0.132. The lowest BCUT2D eigenvalue weighted by atomic mass is 9.95. The van der Waals surface area contributed by atoms with Gasteiger partial charge in [0.1, 0.15) is 5.92 Å². The Balaban J connectivity index is 2.38. The molecule has 1 heterocycles. The van der Waals surface area contributed by atoms with E-state index in [1.54, 1.807) is 12.1 Å². The number of carbonyl (C=O) groups excluding carboxylic acids is 3. The molecule has 7 nitrogen and oxygen atoms in total. The highest BCUT2D eigenvalue weighted by atomic mass is 16.5. The van der Waals surface area contributed by atoms with Gasteiger partial charge in [0.25, 0.3) is 0 Å². The molecule has 0 radical (unpaired) electrons. The average Bonchev–Trinajstić information content (AvgIpc) is 2.37. The fourth-order valence-electron chi connectivity index (χ4n) is 1.85. The number of amides is 4. The van der Waals surface area contributed by atoms with Gasteiger partial charge in [0.05, 0.1) is 14.2 Å². The van der Waals surface area contributed by atoms with E-state index in [2.05, 4.69) is 0 Å². The van der Waals surface area contributed by atoms with Crippen molar-refractivity contribution in [1.82, 2.24) is 10.6 Å². The number of hydrogen-bond donors (Lipinski definition) is 2. The van der Waals surface area contributed by atoms with Crippen LogP contribution in [0.3, 0.4) is 0 Å². The van der Waals surface area contributed by atoms with Crippen LogP contribution in [0.2, 0.25) is 0 Å². The number of carbonyl (C=O) groups is 3. The number of rotatable bonds is 3. The van der Waals surface area contributed by atoms with Gasteiger partial charge >= 0.3 is 6.03 Å². The number of imide groups is 2. The third kappa shape index (κ3) is 2.35. The van der Waals surface area contributed by atoms with Gasteiger partial charge in [-0.2, -0.15) is 0 Å². The maximum absolute atomic E-state index is 11.7. The third-order valence-corrected chi connectivity index (χ3v) is 2.74. The molecule has 0 spiro atoms. The smallest absolute Gasteiger partial charge is 0.328 e. The van der Waals surface area contributed by atoms with E-state index in [0.29, 0.717) is 17.1 Å². The van der Waals surface area contributed by atoms with E-state index in [1.165, 1.54) is 20.3 Å². The molecule has 0 aliphatic carbocycles. The Kier molecular flexibility index (Phi) is 3.37. The maximum Gasteiger partial charge on any atom is 0.328 e. The molecular weight excluding hydrogens is 252 g/mol. The molecule has 0 aromatic heterocycles. The molecule has 1 saturated heterocycles. The summed E-state index contributed by atoms with van der Waals surface area (Å²) in [7, 11) is 2.93. The van der Waals surface area contributed by atoms with Crippen molar-refractivity contribution in [2.75, 3.05) is 14.2 Å². The van der Waals surface area contributed by atoms with Crippen molar-refractivity contribution in [3.63, 3.8) is 0 Å². The SMILES string of the molecule is COc1ccc(C2C(=O)NC(=O)NC2=O)cc1OC. The summed E-state index contributed by atoms with van der Waals surface area (Å²) in [6.07, 6.45) is 0. The van der Waals surface area contributed by atoms with Crippen LogP contribution < -0.4 is 20.1 Å². The van der Waals surface area contributed by atoms with E-state index in [1.807, 2.05) is 10.6 Å². The van der Waals surface area contributed by atoms with Crippen LogP contribution in [-0.4, -0.2) is 32.1 Å². The average molecular weight is 264 g/mol. The van der Waals surface area contributed by atoms with Crippen LogP contribution in [0, 0.1) is 0 Å². The number of hydrogen-bond acceptors (Lipinski definition) is 5. The van der Waals surface area contributed by atoms with Crippen LogP contribution in [0.5, 0.6) is 11.5 Å². The Morgan fingerprint density at radius 3 is 2.05 bits per heavy atom. The molecular formula is C12H12N2O5. The number of nitrogens with one attached hydrogen (secondary N) is 2. The molecule has 4 amide bonds. The molecule has 1 aromatic carbocycles. The molecule has 0 bridgehead atoms. The maximum atomic E-state index is 11.7. The van der Waals surface area contributed by atoms with Gasteiger partial charge in [0.2, 0.25) is 11.8 Å². The third-order valence-electron chi connectivity index (χ3n) is 2.74. The fraction of sp³-hybridized carbons (Fsp3) is 0.250. The second-order valence-electron chi connectivity index (χ2n) is 3.86. The first kappa shape index (κ1) is 12.9. The molecule has 0 unspecified atom stereocenters. The van der Waals surface area contributed by atoms with E-state index in [-0.39, 0.29) is 0 Å². The van der Waals surface area contributed by atoms with Gasteiger partial charge in [-0.1, -0.05) is 6.07 Å². The molecule has 19 heavy (non-hydrogen) atoms. The van der Waals surface area contributed by atoms with E-state index in [9.17, 15) is 14.4 Å². The van der Waals surface area contributed by atoms with Crippen LogP contribution in [0.15, 0.2) is 18.2 Å². The van der Waals surface area contributed by atoms with Crippen molar-refractivity contribution in [2.24, 2.45) is 0 Å². The minimum absolute atomic E-state index is 0.400. The number of ether oxygens (including phenoxy) is 2. The molecule has 2 N–H and O–H groups in total. The van der Waals surface area contributed by atoms with E-state index < -0.39 is 23.8 Å². The molecule has 2 rings (SSSR count). The van der Waals surface area contributed by atoms with Crippen molar-refractivity contribution in [3.8, 4) is 11.5 Å². The van der Waals surface area contributed by atoms with Crippen molar-refractivity contribution in [2.45, 2.75) is 5.92 Å². The first-order valence-corrected chi connectivity index (χ1v) is 5.44. The summed E-state index contributed by atoms with van der Waals surface area (Å²) in [5, 5.41) is 4.08. The largest absolute Gasteiger partial charge is 0.493 e. The van der Waals surface area contributed by atoms with Crippen molar-refractivity contribution in [1.29, 1.82) is 0 Å². The first-order chi connectivity index (χ1) is 9.06. The minimum Gasteiger partial charge on any atom is -0.493 e. The topological polar surface area (TPSA) is 93.7 Å². The standard InChI is InChI=1S/C12H12N2O5/c1-18-7-4-3-6(5-8(7)19-2)9-10(15)13-12(17)14-11(9)16/h3-5,9H,1-2H3,(H2,13,14,15,16,17). The number of methoxy groups -OCH3 is 2. The van der Waals surface area contributed by atoms with Crippen LogP contribution >= 0.6 is 0 Å². The molecule has 1 aliphatic rings. The minimum atomic E-state index is -1.09. The Morgan fingerprint density at radius 1 is 0.947 bits per heavy atom. The van der Waals surface area contributed by atoms with Gasteiger partial charge in [0.15, 0.2) is 11.5 Å². The molecule has 100 valence electrons. The van der Waals surface area contributed by atoms with Gasteiger partial charge in [-0.25, -0.2) is 4.79 Å². The predicted octanol–water partition coefficient (Wildman–Crippen LogP) is 0.153. The highest BCUT2D eigenvalue weighted by Crippen LogP contribution is 2.31. The summed E-state index contributed by atoms with van der Waals surface area (Å²) in [6.45, 7) is 0. The van der Waals surface area contributed by atoms with Gasteiger partial charge in [-0.05, 0) is 17.7 Å². The van der Waals surface area contributed by atoms with Gasteiger partial charge in [-0.15, -0.1) is 0 Å². The molecule has 1 fully saturated rings. The number of urea groups is 1. The Labute approximate surface area is 108 Å². The van der Waals surface area contributed by atoms with Gasteiger partial charge < -0.3 is 9.47 Å². The lowest BCUT2D eigenvalue weighted by Gasteiger charge is -2.21. The summed E-state index contributed by atoms with van der Waals surface area (Å²) >= 11 is 0. The van der Waals surface area contributed by atoms with E-state index in [0.717, 1.165) is 0 Å². The normalized spacial score (nSPS) is 15.8. The van der Waals surface area contributed by atoms with Crippen LogP contribution in [-0.2, 0) is 9.59 Å². The van der Waals surface area contributed by atoms with E-state index >= 15 is 0 Å². The summed E-state index contributed by atoms with van der Waals surface area (Å²) in [4.78, 5) is 34.4. The van der Waals surface area contributed by atoms with Crippen molar-refractivity contribution >= 4 is 17.8 Å². The summed E-state index contributed by atoms with van der Waals surface area (Å²) in [5.41, 5.74) is 0.417. The molecule has 0 atom stereocenters. The molecule has 7 heteroatoms. The van der Waals surface area contributed by atoms with E-state index in [4.69, 9.17) is 9.47 Å². The van der Waals surface area contributed by atoms with Crippen LogP contribution in [0.25, 0.3) is 0 Å². The molecule has 1 aliphatic heterocycles. The first-order valence-electron chi connectivity index (χ1n) is 5.44. The number of barbiturate groups is 1. The zero-order valence-electron chi connectivity index (χ0n) is 10.4. The predicted molar refractivity (Wildman–Crippen MR) is 64.0 cm³/mol. The molecule has 1 aromatic rings. The van der Waals surface area contributed by atoms with Crippen LogP contribution in [0.1, 0.15) is 11.5 Å². The quantitative estimate of drug-likeness (QED) is 0.758. The van der Waals surface area contributed by atoms with Crippen molar-refractivity contribution < 1.29 is 23.9 Å². The summed E-state index contributed by atoms with van der Waals surface area (Å²) in [6, 6.07) is 3.87. The lowest BCUT2D eigenvalue weighted by Crippen LogP contribution is -2.54. The Bertz CT molecular complexity index is 535. The summed E-state index contributed by atoms with van der Waals surface area (Å²) < 4.78 is 10.2. The fourth-order valence-corrected chi connectivity index (χ4v) is 1.85. The van der Waals surface area contributed by atoms with Gasteiger partial charge in [-0.3, -0.25) is 20.2 Å². The number of benzene rings is 1. The molecule has 0 saturated carbocycles.